The van der Waals surface area contributed by atoms with E-state index in [4.69, 9.17) is 4.74 Å². The molecule has 160 valence electrons. The van der Waals surface area contributed by atoms with Gasteiger partial charge in [0.1, 0.15) is 0 Å². The summed E-state index contributed by atoms with van der Waals surface area (Å²) >= 11 is 0. The standard InChI is InChI=1S/C20H27F3N4O2/c21-20(22,23)14-1-4-18(27-9-11-29-12-10-27)17(13-14)25-19(28)24-15-5-7-26(8-6-15)16-2-3-16/h1,4,13,15-16H,2-3,5-12H2,(H2,24,25,28). The number of hydrogen-bond acceptors (Lipinski definition) is 4. The predicted octanol–water partition coefficient (Wildman–Crippen LogP) is 3.29. The highest BCUT2D eigenvalue weighted by Crippen LogP contribution is 2.36. The maximum Gasteiger partial charge on any atom is 0.416 e. The molecule has 2 aliphatic heterocycles. The maximum absolute atomic E-state index is 13.2. The zero-order valence-electron chi connectivity index (χ0n) is 16.3. The second-order valence-corrected chi connectivity index (χ2v) is 7.97. The van der Waals surface area contributed by atoms with E-state index in [2.05, 4.69) is 15.5 Å². The zero-order chi connectivity index (χ0) is 20.4. The quantitative estimate of drug-likeness (QED) is 0.797. The van der Waals surface area contributed by atoms with Crippen molar-refractivity contribution in [1.82, 2.24) is 10.2 Å². The summed E-state index contributed by atoms with van der Waals surface area (Å²) in [4.78, 5) is 16.9. The molecule has 29 heavy (non-hydrogen) atoms. The van der Waals surface area contributed by atoms with Crippen molar-refractivity contribution in [2.24, 2.45) is 0 Å². The lowest BCUT2D eigenvalue weighted by atomic mass is 10.1. The first-order chi connectivity index (χ1) is 13.9. The van der Waals surface area contributed by atoms with Crippen molar-refractivity contribution in [3.8, 4) is 0 Å². The Morgan fingerprint density at radius 3 is 2.34 bits per heavy atom. The molecule has 2 amide bonds. The minimum atomic E-state index is -4.47. The second-order valence-electron chi connectivity index (χ2n) is 7.97. The van der Waals surface area contributed by atoms with E-state index >= 15 is 0 Å². The monoisotopic (exact) mass is 412 g/mol. The molecule has 1 saturated carbocycles. The Balaban J connectivity index is 1.43. The molecule has 0 aromatic heterocycles. The zero-order valence-corrected chi connectivity index (χ0v) is 16.3. The fourth-order valence-electron chi connectivity index (χ4n) is 4.08. The number of anilines is 2. The number of carbonyl (C=O) groups excluding carboxylic acids is 1. The van der Waals surface area contributed by atoms with Crippen LogP contribution in [0.3, 0.4) is 0 Å². The van der Waals surface area contributed by atoms with Gasteiger partial charge in [0.05, 0.1) is 30.2 Å². The summed E-state index contributed by atoms with van der Waals surface area (Å²) < 4.78 is 44.9. The van der Waals surface area contributed by atoms with Crippen molar-refractivity contribution in [2.75, 3.05) is 49.6 Å². The van der Waals surface area contributed by atoms with Gasteiger partial charge >= 0.3 is 12.2 Å². The molecular formula is C20H27F3N4O2. The third kappa shape index (κ3) is 5.14. The minimum absolute atomic E-state index is 0.0441. The average Bonchev–Trinajstić information content (AvgIpc) is 3.54. The molecule has 0 spiro atoms. The Morgan fingerprint density at radius 1 is 1.03 bits per heavy atom. The van der Waals surface area contributed by atoms with Crippen molar-refractivity contribution in [1.29, 1.82) is 0 Å². The molecule has 1 aliphatic carbocycles. The van der Waals surface area contributed by atoms with Crippen LogP contribution in [-0.4, -0.2) is 62.4 Å². The van der Waals surface area contributed by atoms with E-state index in [1.165, 1.54) is 18.9 Å². The van der Waals surface area contributed by atoms with Gasteiger partial charge in [0, 0.05) is 38.3 Å². The smallest absolute Gasteiger partial charge is 0.378 e. The molecule has 3 aliphatic rings. The van der Waals surface area contributed by atoms with Crippen LogP contribution in [0.4, 0.5) is 29.3 Å². The summed E-state index contributed by atoms with van der Waals surface area (Å²) in [6, 6.07) is 3.80. The van der Waals surface area contributed by atoms with E-state index in [0.29, 0.717) is 38.0 Å². The van der Waals surface area contributed by atoms with Crippen LogP contribution in [0, 0.1) is 0 Å². The summed E-state index contributed by atoms with van der Waals surface area (Å²) in [5.74, 6) is 0. The highest BCUT2D eigenvalue weighted by atomic mass is 19.4. The number of carbonyl (C=O) groups is 1. The van der Waals surface area contributed by atoms with E-state index in [9.17, 15) is 18.0 Å². The first-order valence-corrected chi connectivity index (χ1v) is 10.3. The van der Waals surface area contributed by atoms with Crippen LogP contribution in [-0.2, 0) is 10.9 Å². The molecule has 0 unspecified atom stereocenters. The van der Waals surface area contributed by atoms with Crippen LogP contribution in [0.25, 0.3) is 0 Å². The highest BCUT2D eigenvalue weighted by Gasteiger charge is 2.33. The number of nitrogens with one attached hydrogen (secondary N) is 2. The number of benzene rings is 1. The van der Waals surface area contributed by atoms with Gasteiger partial charge in [-0.2, -0.15) is 13.2 Å². The van der Waals surface area contributed by atoms with E-state index < -0.39 is 17.8 Å². The van der Waals surface area contributed by atoms with Gasteiger partial charge in [-0.15, -0.1) is 0 Å². The fourth-order valence-corrected chi connectivity index (χ4v) is 4.08. The Bertz CT molecular complexity index is 725. The van der Waals surface area contributed by atoms with E-state index in [1.54, 1.807) is 0 Å². The van der Waals surface area contributed by atoms with Crippen LogP contribution in [0.15, 0.2) is 18.2 Å². The molecule has 0 radical (unpaired) electrons. The molecule has 2 N–H and O–H groups in total. The average molecular weight is 412 g/mol. The van der Waals surface area contributed by atoms with Gasteiger partial charge in [-0.05, 0) is 43.9 Å². The third-order valence-corrected chi connectivity index (χ3v) is 5.85. The van der Waals surface area contributed by atoms with Gasteiger partial charge in [0.2, 0.25) is 0 Å². The van der Waals surface area contributed by atoms with Gasteiger partial charge in [-0.1, -0.05) is 0 Å². The molecule has 1 aromatic rings. The fraction of sp³-hybridized carbons (Fsp3) is 0.650. The third-order valence-electron chi connectivity index (χ3n) is 5.85. The summed E-state index contributed by atoms with van der Waals surface area (Å²) in [5.41, 5.74) is -0.0165. The Morgan fingerprint density at radius 2 is 1.72 bits per heavy atom. The number of urea groups is 1. The first kappa shape index (κ1) is 20.3. The first-order valence-electron chi connectivity index (χ1n) is 10.3. The number of amides is 2. The Kier molecular flexibility index (Phi) is 5.87. The number of likely N-dealkylation sites (tertiary alicyclic amines) is 1. The summed E-state index contributed by atoms with van der Waals surface area (Å²) in [7, 11) is 0. The van der Waals surface area contributed by atoms with E-state index in [0.717, 1.165) is 38.1 Å². The summed E-state index contributed by atoms with van der Waals surface area (Å²) in [5, 5.41) is 5.60. The predicted molar refractivity (Wildman–Crippen MR) is 104 cm³/mol. The number of rotatable bonds is 4. The number of alkyl halides is 3. The van der Waals surface area contributed by atoms with Crippen LogP contribution in [0.1, 0.15) is 31.2 Å². The van der Waals surface area contributed by atoms with Crippen molar-refractivity contribution < 1.29 is 22.7 Å². The Labute approximate surface area is 168 Å². The van der Waals surface area contributed by atoms with E-state index in [1.807, 2.05) is 4.90 Å². The van der Waals surface area contributed by atoms with Crippen LogP contribution in [0.2, 0.25) is 0 Å². The largest absolute Gasteiger partial charge is 0.416 e. The summed E-state index contributed by atoms with van der Waals surface area (Å²) in [6.45, 7) is 4.07. The second kappa shape index (κ2) is 8.39. The molecule has 9 heteroatoms. The van der Waals surface area contributed by atoms with Crippen molar-refractivity contribution in [2.45, 2.75) is 43.9 Å². The Hall–Kier alpha value is -2.00. The molecule has 4 rings (SSSR count). The molecule has 0 atom stereocenters. The van der Waals surface area contributed by atoms with Crippen LogP contribution < -0.4 is 15.5 Å². The molecule has 6 nitrogen and oxygen atoms in total. The SMILES string of the molecule is O=C(Nc1cc(C(F)(F)F)ccc1N1CCOCC1)NC1CCN(C2CC2)CC1. The van der Waals surface area contributed by atoms with Gasteiger partial charge in [0.15, 0.2) is 0 Å². The molecule has 0 bridgehead atoms. The molecule has 2 saturated heterocycles. The molecule has 1 aromatic carbocycles. The number of nitrogens with zero attached hydrogens (tertiary/aromatic N) is 2. The normalized spacial score (nSPS) is 21.8. The highest BCUT2D eigenvalue weighted by molar-refractivity contribution is 5.93. The van der Waals surface area contributed by atoms with Gasteiger partial charge < -0.3 is 25.2 Å². The van der Waals surface area contributed by atoms with Crippen LogP contribution >= 0.6 is 0 Å². The minimum Gasteiger partial charge on any atom is -0.378 e. The number of morpholine rings is 1. The topological polar surface area (TPSA) is 56.8 Å². The molecule has 3 fully saturated rings. The lowest BCUT2D eigenvalue weighted by Crippen LogP contribution is -2.46. The van der Waals surface area contributed by atoms with Gasteiger partial charge in [-0.3, -0.25) is 0 Å². The van der Waals surface area contributed by atoms with Crippen LogP contribution in [0.5, 0.6) is 0 Å². The lowest BCUT2D eigenvalue weighted by Gasteiger charge is -2.33. The lowest BCUT2D eigenvalue weighted by molar-refractivity contribution is -0.137. The van der Waals surface area contributed by atoms with E-state index in [-0.39, 0.29) is 11.7 Å². The summed E-state index contributed by atoms with van der Waals surface area (Å²) in [6.07, 6.45) is -0.214. The number of halogens is 3. The van der Waals surface area contributed by atoms with Crippen molar-refractivity contribution in [3.05, 3.63) is 23.8 Å². The number of ether oxygens (including phenoxy) is 1. The van der Waals surface area contributed by atoms with Crippen molar-refractivity contribution >= 4 is 17.4 Å². The number of hydrogen-bond donors (Lipinski definition) is 2. The molecule has 2 heterocycles. The van der Waals surface area contributed by atoms with Gasteiger partial charge in [-0.25, -0.2) is 4.79 Å². The van der Waals surface area contributed by atoms with Crippen molar-refractivity contribution in [3.63, 3.8) is 0 Å². The molecular weight excluding hydrogens is 385 g/mol. The van der Waals surface area contributed by atoms with Gasteiger partial charge in [0.25, 0.3) is 0 Å². The number of piperidine rings is 1. The maximum atomic E-state index is 13.2.